The lowest BCUT2D eigenvalue weighted by Crippen LogP contribution is -2.43. The Hall–Kier alpha value is -1.78. The lowest BCUT2D eigenvalue weighted by molar-refractivity contribution is -0.00824. The van der Waals surface area contributed by atoms with Gasteiger partial charge in [-0.3, -0.25) is 18.8 Å². The van der Waals surface area contributed by atoms with E-state index in [-0.39, 0.29) is 49.2 Å². The van der Waals surface area contributed by atoms with Gasteiger partial charge >= 0.3 is 7.82 Å². The zero-order valence-corrected chi connectivity index (χ0v) is 18.7. The predicted octanol–water partition coefficient (Wildman–Crippen LogP) is 2.37. The summed E-state index contributed by atoms with van der Waals surface area (Å²) in [5.74, 6) is -0.392. The fourth-order valence-electron chi connectivity index (χ4n) is 4.02. The highest BCUT2D eigenvalue weighted by atomic mass is 31.2. The van der Waals surface area contributed by atoms with E-state index in [1.54, 1.807) is 4.57 Å². The molecule has 1 saturated carbocycles. The third-order valence-corrected chi connectivity index (χ3v) is 6.85. The average Bonchev–Trinajstić information content (AvgIpc) is 3.10. The summed E-state index contributed by atoms with van der Waals surface area (Å²) in [7, 11) is -4.19. The summed E-state index contributed by atoms with van der Waals surface area (Å²) in [6.45, 7) is 2.16. The van der Waals surface area contributed by atoms with Crippen molar-refractivity contribution in [1.82, 2.24) is 19.5 Å². The smallest absolute Gasteiger partial charge is 0.396 e. The third-order valence-electron chi connectivity index (χ3n) is 5.87. The number of phosphoric ester groups is 1. The number of nitrogens with one attached hydrogen (secondary N) is 1. The van der Waals surface area contributed by atoms with Gasteiger partial charge in [0.1, 0.15) is 0 Å². The minimum absolute atomic E-state index is 0.0203. The van der Waals surface area contributed by atoms with Gasteiger partial charge in [-0.25, -0.2) is 9.55 Å². The first kappa shape index (κ1) is 23.9. The molecule has 1 aliphatic rings. The Labute approximate surface area is 180 Å². The number of fused-ring (bicyclic) bond motifs is 1. The maximum absolute atomic E-state index is 12.2. The van der Waals surface area contributed by atoms with Gasteiger partial charge in [-0.2, -0.15) is 4.98 Å². The number of aliphatic hydroxyl groups excluding tert-OH is 1. The Morgan fingerprint density at radius 2 is 2.03 bits per heavy atom. The van der Waals surface area contributed by atoms with Gasteiger partial charge in [0.05, 0.1) is 19.5 Å². The standard InChI is InChI=1S/C19H32N5O6P/c1-2-3-4-5-6-7-8-29-31(27,28)30-11-14-13(10-25)9-15(14)24-12-21-16-17(24)22-19(20)23-18(16)26/h12-15,25H,2-11H2,1H3,(H,27,28)(H3,20,22,23,26)/t13-,14-,15-/m1/s1. The van der Waals surface area contributed by atoms with Crippen molar-refractivity contribution in [3.05, 3.63) is 16.7 Å². The molecule has 0 aliphatic heterocycles. The third kappa shape index (κ3) is 5.93. The number of aliphatic hydroxyl groups is 1. The van der Waals surface area contributed by atoms with Crippen LogP contribution in [0.4, 0.5) is 5.95 Å². The second kappa shape index (κ2) is 10.7. The zero-order chi connectivity index (χ0) is 22.4. The summed E-state index contributed by atoms with van der Waals surface area (Å²) in [6, 6.07) is -0.200. The van der Waals surface area contributed by atoms with E-state index < -0.39 is 13.4 Å². The molecule has 0 bridgehead atoms. The quantitative estimate of drug-likeness (QED) is 0.261. The van der Waals surface area contributed by atoms with E-state index in [4.69, 9.17) is 14.8 Å². The first-order chi connectivity index (χ1) is 14.9. The first-order valence-corrected chi connectivity index (χ1v) is 12.3. The number of H-pyrrole nitrogens is 1. The molecule has 11 nitrogen and oxygen atoms in total. The van der Waals surface area contributed by atoms with Crippen LogP contribution in [0.15, 0.2) is 11.1 Å². The fourth-order valence-corrected chi connectivity index (χ4v) is 4.82. The Kier molecular flexibility index (Phi) is 8.23. The van der Waals surface area contributed by atoms with Crippen LogP contribution in [0, 0.1) is 11.8 Å². The van der Waals surface area contributed by atoms with Gasteiger partial charge in [-0.05, 0) is 18.8 Å². The molecule has 1 fully saturated rings. The first-order valence-electron chi connectivity index (χ1n) is 10.8. The molecule has 2 heterocycles. The van der Waals surface area contributed by atoms with E-state index in [9.17, 15) is 19.4 Å². The predicted molar refractivity (Wildman–Crippen MR) is 115 cm³/mol. The topological polar surface area (TPSA) is 166 Å². The Balaban J connectivity index is 1.56. The van der Waals surface area contributed by atoms with Crippen LogP contribution in [0.25, 0.3) is 11.2 Å². The normalized spacial score (nSPS) is 23.0. The SMILES string of the molecule is CCCCCCCCOP(=O)(O)OC[C@@H]1[C@@H](CO)C[C@H]1n1cnc2c(=O)[nH]c(N)nc21. The van der Waals surface area contributed by atoms with Gasteiger partial charge < -0.3 is 20.3 Å². The number of hydrogen-bond acceptors (Lipinski definition) is 8. The molecular weight excluding hydrogens is 425 g/mol. The Bertz CT molecular complexity index is 963. The number of nitrogen functional groups attached to an aromatic ring is 1. The summed E-state index contributed by atoms with van der Waals surface area (Å²) in [6.07, 6.45) is 8.33. The van der Waals surface area contributed by atoms with E-state index in [0.29, 0.717) is 18.5 Å². The number of hydrogen-bond donors (Lipinski definition) is 4. The van der Waals surface area contributed by atoms with E-state index in [1.807, 2.05) is 0 Å². The molecule has 1 unspecified atom stereocenters. The molecule has 0 spiro atoms. The van der Waals surface area contributed by atoms with E-state index in [0.717, 1.165) is 19.3 Å². The molecule has 4 atom stereocenters. The zero-order valence-electron chi connectivity index (χ0n) is 17.8. The summed E-state index contributed by atoms with van der Waals surface area (Å²) < 4.78 is 24.3. The number of anilines is 1. The van der Waals surface area contributed by atoms with Crippen LogP contribution in [-0.2, 0) is 13.6 Å². The lowest BCUT2D eigenvalue weighted by Gasteiger charge is -2.44. The second-order valence-corrected chi connectivity index (χ2v) is 9.50. The average molecular weight is 457 g/mol. The van der Waals surface area contributed by atoms with Gasteiger partial charge in [0.15, 0.2) is 11.2 Å². The molecule has 31 heavy (non-hydrogen) atoms. The van der Waals surface area contributed by atoms with Gasteiger partial charge in [0, 0.05) is 18.6 Å². The number of unbranched alkanes of at least 4 members (excludes halogenated alkanes) is 5. The number of rotatable bonds is 13. The lowest BCUT2D eigenvalue weighted by atomic mass is 9.70. The second-order valence-electron chi connectivity index (χ2n) is 8.05. The van der Waals surface area contributed by atoms with Gasteiger partial charge in [-0.15, -0.1) is 0 Å². The molecule has 1 aliphatic carbocycles. The maximum atomic E-state index is 12.2. The van der Waals surface area contributed by atoms with E-state index >= 15 is 0 Å². The van der Waals surface area contributed by atoms with Gasteiger partial charge in [-0.1, -0.05) is 39.0 Å². The molecule has 12 heteroatoms. The van der Waals surface area contributed by atoms with Crippen molar-refractivity contribution in [1.29, 1.82) is 0 Å². The highest BCUT2D eigenvalue weighted by Crippen LogP contribution is 2.50. The number of aromatic amines is 1. The van der Waals surface area contributed by atoms with Crippen LogP contribution in [0.5, 0.6) is 0 Å². The molecular formula is C19H32N5O6P. The molecule has 2 aromatic rings. The number of phosphoric acid groups is 1. The van der Waals surface area contributed by atoms with Crippen molar-refractivity contribution < 1.29 is 23.6 Å². The molecule has 0 amide bonds. The van der Waals surface area contributed by atoms with Gasteiger partial charge in [0.2, 0.25) is 5.95 Å². The molecule has 2 aromatic heterocycles. The van der Waals surface area contributed by atoms with E-state index in [1.165, 1.54) is 19.2 Å². The molecule has 0 radical (unpaired) electrons. The molecule has 0 aromatic carbocycles. The van der Waals surface area contributed by atoms with Gasteiger partial charge in [0.25, 0.3) is 5.56 Å². The number of nitrogens with zero attached hydrogens (tertiary/aromatic N) is 3. The number of aromatic nitrogens is 4. The van der Waals surface area contributed by atoms with Crippen molar-refractivity contribution in [2.24, 2.45) is 11.8 Å². The molecule has 0 saturated heterocycles. The van der Waals surface area contributed by atoms with Crippen LogP contribution in [-0.4, -0.2) is 49.3 Å². The Morgan fingerprint density at radius 3 is 2.77 bits per heavy atom. The van der Waals surface area contributed by atoms with Crippen LogP contribution < -0.4 is 11.3 Å². The van der Waals surface area contributed by atoms with Crippen LogP contribution in [0.3, 0.4) is 0 Å². The summed E-state index contributed by atoms with van der Waals surface area (Å²) >= 11 is 0. The molecule has 3 rings (SSSR count). The summed E-state index contributed by atoms with van der Waals surface area (Å²) in [4.78, 5) is 32.7. The fraction of sp³-hybridized carbons (Fsp3) is 0.737. The van der Waals surface area contributed by atoms with E-state index in [2.05, 4.69) is 21.9 Å². The van der Waals surface area contributed by atoms with Crippen molar-refractivity contribution in [3.8, 4) is 0 Å². The largest absolute Gasteiger partial charge is 0.472 e. The monoisotopic (exact) mass is 457 g/mol. The number of nitrogens with two attached hydrogens (primary N) is 1. The molecule has 5 N–H and O–H groups in total. The van der Waals surface area contributed by atoms with Crippen molar-refractivity contribution in [3.63, 3.8) is 0 Å². The highest BCUT2D eigenvalue weighted by Gasteiger charge is 2.44. The van der Waals surface area contributed by atoms with Crippen molar-refractivity contribution >= 4 is 24.9 Å². The van der Waals surface area contributed by atoms with Crippen molar-refractivity contribution in [2.45, 2.75) is 57.9 Å². The molecule has 174 valence electrons. The van der Waals surface area contributed by atoms with Crippen LogP contribution in [0.1, 0.15) is 57.9 Å². The van der Waals surface area contributed by atoms with Crippen LogP contribution >= 0.6 is 7.82 Å². The summed E-state index contributed by atoms with van der Waals surface area (Å²) in [5.41, 5.74) is 5.71. The number of imidazole rings is 1. The highest BCUT2D eigenvalue weighted by molar-refractivity contribution is 7.47. The van der Waals surface area contributed by atoms with Crippen molar-refractivity contribution in [2.75, 3.05) is 25.6 Å². The summed E-state index contributed by atoms with van der Waals surface area (Å²) in [5, 5.41) is 9.63. The van der Waals surface area contributed by atoms with Crippen LogP contribution in [0.2, 0.25) is 0 Å². The Morgan fingerprint density at radius 1 is 1.29 bits per heavy atom. The minimum Gasteiger partial charge on any atom is -0.396 e. The maximum Gasteiger partial charge on any atom is 0.472 e. The minimum atomic E-state index is -4.19.